The molecule has 0 aromatic carbocycles. The molecule has 1 unspecified atom stereocenters. The van der Waals surface area contributed by atoms with Crippen molar-refractivity contribution in [3.63, 3.8) is 0 Å². The minimum Gasteiger partial charge on any atom is -0.356 e. The van der Waals surface area contributed by atoms with Crippen molar-refractivity contribution in [1.82, 2.24) is 15.5 Å². The summed E-state index contributed by atoms with van der Waals surface area (Å²) in [6.45, 7) is 3.72. The van der Waals surface area contributed by atoms with Crippen LogP contribution in [0.15, 0.2) is 0 Å². The summed E-state index contributed by atoms with van der Waals surface area (Å²) >= 11 is 0. The van der Waals surface area contributed by atoms with Crippen LogP contribution in [-0.4, -0.2) is 49.4 Å². The number of rotatable bonds is 2. The molecule has 5 nitrogen and oxygen atoms in total. The van der Waals surface area contributed by atoms with Crippen molar-refractivity contribution in [2.45, 2.75) is 6.42 Å². The van der Waals surface area contributed by atoms with E-state index in [9.17, 15) is 9.59 Å². The Labute approximate surface area is 82.8 Å². The van der Waals surface area contributed by atoms with Gasteiger partial charge in [0.1, 0.15) is 0 Å². The summed E-state index contributed by atoms with van der Waals surface area (Å²) in [4.78, 5) is 24.1. The molecule has 0 spiro atoms. The van der Waals surface area contributed by atoms with Crippen LogP contribution in [0.5, 0.6) is 0 Å². The molecule has 78 valence electrons. The normalized spacial score (nSPS) is 28.7. The van der Waals surface area contributed by atoms with Crippen molar-refractivity contribution < 1.29 is 9.59 Å². The topological polar surface area (TPSA) is 61.4 Å². The van der Waals surface area contributed by atoms with E-state index in [0.29, 0.717) is 18.9 Å². The first-order chi connectivity index (χ1) is 6.74. The Bertz CT molecular complexity index is 254. The SMILES string of the molecule is O=C1CC(CN2CCNC(=O)C2)CN1. The van der Waals surface area contributed by atoms with Crippen LogP contribution < -0.4 is 10.6 Å². The second kappa shape index (κ2) is 3.96. The van der Waals surface area contributed by atoms with E-state index < -0.39 is 0 Å². The van der Waals surface area contributed by atoms with Crippen LogP contribution in [0.2, 0.25) is 0 Å². The Morgan fingerprint density at radius 2 is 2.14 bits per heavy atom. The molecule has 2 amide bonds. The summed E-state index contributed by atoms with van der Waals surface area (Å²) in [6, 6.07) is 0. The molecule has 14 heavy (non-hydrogen) atoms. The van der Waals surface area contributed by atoms with Crippen molar-refractivity contribution in [3.05, 3.63) is 0 Å². The lowest BCUT2D eigenvalue weighted by Crippen LogP contribution is -2.49. The van der Waals surface area contributed by atoms with Crippen molar-refractivity contribution in [1.29, 1.82) is 0 Å². The largest absolute Gasteiger partial charge is 0.356 e. The van der Waals surface area contributed by atoms with Gasteiger partial charge in [-0.3, -0.25) is 14.5 Å². The monoisotopic (exact) mass is 197 g/mol. The van der Waals surface area contributed by atoms with Gasteiger partial charge in [0.15, 0.2) is 0 Å². The van der Waals surface area contributed by atoms with Crippen LogP contribution in [-0.2, 0) is 9.59 Å². The van der Waals surface area contributed by atoms with Crippen molar-refractivity contribution in [2.24, 2.45) is 5.92 Å². The van der Waals surface area contributed by atoms with E-state index in [2.05, 4.69) is 15.5 Å². The number of carbonyl (C=O) groups is 2. The molecule has 2 aliphatic rings. The van der Waals surface area contributed by atoms with Gasteiger partial charge in [0.2, 0.25) is 11.8 Å². The van der Waals surface area contributed by atoms with E-state index >= 15 is 0 Å². The third kappa shape index (κ3) is 2.23. The quantitative estimate of drug-likeness (QED) is 0.569. The zero-order chi connectivity index (χ0) is 9.97. The van der Waals surface area contributed by atoms with Gasteiger partial charge in [-0.2, -0.15) is 0 Å². The minimum atomic E-state index is 0.0912. The van der Waals surface area contributed by atoms with E-state index in [1.54, 1.807) is 0 Å². The number of nitrogens with one attached hydrogen (secondary N) is 2. The molecule has 0 aliphatic carbocycles. The average Bonchev–Trinajstić information content (AvgIpc) is 2.51. The molecule has 5 heteroatoms. The zero-order valence-corrected chi connectivity index (χ0v) is 8.08. The first kappa shape index (κ1) is 9.45. The smallest absolute Gasteiger partial charge is 0.234 e. The van der Waals surface area contributed by atoms with E-state index in [1.807, 2.05) is 0 Å². The molecule has 0 aromatic heterocycles. The highest BCUT2D eigenvalue weighted by Gasteiger charge is 2.25. The minimum absolute atomic E-state index is 0.0912. The van der Waals surface area contributed by atoms with Gasteiger partial charge < -0.3 is 10.6 Å². The Morgan fingerprint density at radius 3 is 2.79 bits per heavy atom. The fourth-order valence-electron chi connectivity index (χ4n) is 2.01. The predicted octanol–water partition coefficient (Wildman–Crippen LogP) is -1.45. The van der Waals surface area contributed by atoms with Crippen molar-refractivity contribution in [3.8, 4) is 0 Å². The van der Waals surface area contributed by atoms with Crippen LogP contribution >= 0.6 is 0 Å². The Hall–Kier alpha value is -1.10. The highest BCUT2D eigenvalue weighted by Crippen LogP contribution is 2.11. The van der Waals surface area contributed by atoms with Gasteiger partial charge in [-0.1, -0.05) is 0 Å². The second-order valence-electron chi connectivity index (χ2n) is 3.96. The summed E-state index contributed by atoms with van der Waals surface area (Å²) in [5, 5.41) is 5.59. The van der Waals surface area contributed by atoms with E-state index in [1.165, 1.54) is 0 Å². The maximum absolute atomic E-state index is 11.1. The Balaban J connectivity index is 1.79. The molecule has 0 saturated carbocycles. The molecule has 2 heterocycles. The summed E-state index contributed by atoms with van der Waals surface area (Å²) < 4.78 is 0. The molecule has 0 bridgehead atoms. The molecule has 2 fully saturated rings. The fraction of sp³-hybridized carbons (Fsp3) is 0.778. The number of carbonyl (C=O) groups excluding carboxylic acids is 2. The number of nitrogens with zero attached hydrogens (tertiary/aromatic N) is 1. The summed E-state index contributed by atoms with van der Waals surface area (Å²) in [5.41, 5.74) is 0. The van der Waals surface area contributed by atoms with Gasteiger partial charge in [0.05, 0.1) is 6.54 Å². The Morgan fingerprint density at radius 1 is 1.29 bits per heavy atom. The molecule has 0 aromatic rings. The van der Waals surface area contributed by atoms with Gasteiger partial charge >= 0.3 is 0 Å². The fourth-order valence-corrected chi connectivity index (χ4v) is 2.01. The van der Waals surface area contributed by atoms with E-state index in [-0.39, 0.29) is 11.8 Å². The molecule has 0 radical (unpaired) electrons. The zero-order valence-electron chi connectivity index (χ0n) is 8.08. The first-order valence-electron chi connectivity index (χ1n) is 5.00. The number of hydrogen-bond acceptors (Lipinski definition) is 3. The van der Waals surface area contributed by atoms with Crippen LogP contribution in [0.25, 0.3) is 0 Å². The van der Waals surface area contributed by atoms with Gasteiger partial charge in [-0.25, -0.2) is 0 Å². The molecule has 2 N–H and O–H groups in total. The lowest BCUT2D eigenvalue weighted by molar-refractivity contribution is -0.124. The summed E-state index contributed by atoms with van der Waals surface area (Å²) in [5.74, 6) is 0.610. The first-order valence-corrected chi connectivity index (χ1v) is 5.00. The van der Waals surface area contributed by atoms with Crippen LogP contribution in [0.4, 0.5) is 0 Å². The maximum Gasteiger partial charge on any atom is 0.234 e. The second-order valence-corrected chi connectivity index (χ2v) is 3.96. The van der Waals surface area contributed by atoms with Crippen molar-refractivity contribution >= 4 is 11.8 Å². The number of piperazine rings is 1. The van der Waals surface area contributed by atoms with Crippen molar-refractivity contribution in [2.75, 3.05) is 32.7 Å². The molecule has 2 aliphatic heterocycles. The van der Waals surface area contributed by atoms with Gasteiger partial charge in [0, 0.05) is 32.6 Å². The average molecular weight is 197 g/mol. The lowest BCUT2D eigenvalue weighted by atomic mass is 10.1. The molecule has 1 atom stereocenters. The third-order valence-electron chi connectivity index (χ3n) is 2.70. The molecule has 2 rings (SSSR count). The van der Waals surface area contributed by atoms with E-state index in [4.69, 9.17) is 0 Å². The molecular weight excluding hydrogens is 182 g/mol. The third-order valence-corrected chi connectivity index (χ3v) is 2.70. The molecule has 2 saturated heterocycles. The standard InChI is InChI=1S/C9H15N3O2/c13-8-3-7(4-11-8)5-12-2-1-10-9(14)6-12/h7H,1-6H2,(H,10,14)(H,11,13). The number of amides is 2. The summed E-state index contributed by atoms with van der Waals surface area (Å²) in [6.07, 6.45) is 0.609. The van der Waals surface area contributed by atoms with Gasteiger partial charge in [0.25, 0.3) is 0 Å². The van der Waals surface area contributed by atoms with Crippen LogP contribution in [0, 0.1) is 5.92 Å². The van der Waals surface area contributed by atoms with Gasteiger partial charge in [-0.15, -0.1) is 0 Å². The highest BCUT2D eigenvalue weighted by molar-refractivity contribution is 5.79. The lowest BCUT2D eigenvalue weighted by Gasteiger charge is -2.28. The predicted molar refractivity (Wildman–Crippen MR) is 50.6 cm³/mol. The summed E-state index contributed by atoms with van der Waals surface area (Å²) in [7, 11) is 0. The number of hydrogen-bond donors (Lipinski definition) is 2. The highest BCUT2D eigenvalue weighted by atomic mass is 16.2. The van der Waals surface area contributed by atoms with E-state index in [0.717, 1.165) is 26.2 Å². The maximum atomic E-state index is 11.1. The van der Waals surface area contributed by atoms with Crippen LogP contribution in [0.3, 0.4) is 0 Å². The molecular formula is C9H15N3O2. The van der Waals surface area contributed by atoms with Gasteiger partial charge in [-0.05, 0) is 5.92 Å². The van der Waals surface area contributed by atoms with Crippen LogP contribution in [0.1, 0.15) is 6.42 Å². The Kier molecular flexibility index (Phi) is 2.67.